The smallest absolute Gasteiger partial charge is 0.254 e. The first-order valence-electron chi connectivity index (χ1n) is 9.77. The summed E-state index contributed by atoms with van der Waals surface area (Å²) >= 11 is 0. The molecule has 2 aromatic rings. The summed E-state index contributed by atoms with van der Waals surface area (Å²) in [7, 11) is -0.658. The Hall–Kier alpha value is -2.22. The number of carbonyl (C=O) groups is 1. The minimum Gasteiger partial charge on any atom is -0.388 e. The summed E-state index contributed by atoms with van der Waals surface area (Å²) in [6, 6.07) is 14.3. The monoisotopic (exact) mass is 416 g/mol. The molecule has 1 saturated heterocycles. The molecule has 0 aliphatic carbocycles. The van der Waals surface area contributed by atoms with Crippen LogP contribution in [0.15, 0.2) is 53.4 Å². The Balaban J connectivity index is 1.73. The maximum atomic E-state index is 13.1. The summed E-state index contributed by atoms with van der Waals surface area (Å²) in [6.45, 7) is 2.89. The first-order chi connectivity index (χ1) is 13.7. The van der Waals surface area contributed by atoms with Crippen molar-refractivity contribution in [3.05, 3.63) is 65.2 Å². The number of benzene rings is 2. The van der Waals surface area contributed by atoms with Gasteiger partial charge >= 0.3 is 0 Å². The first-order valence-corrected chi connectivity index (χ1v) is 11.2. The molecule has 1 unspecified atom stereocenters. The van der Waals surface area contributed by atoms with E-state index >= 15 is 0 Å². The number of sulfonamides is 1. The van der Waals surface area contributed by atoms with Gasteiger partial charge in [0, 0.05) is 32.7 Å². The number of aryl methyl sites for hydroxylation is 1. The molecule has 1 N–H and O–H groups in total. The molecule has 3 rings (SSSR count). The molecule has 0 saturated carbocycles. The van der Waals surface area contributed by atoms with Gasteiger partial charge in [0.15, 0.2) is 0 Å². The Kier molecular flexibility index (Phi) is 6.41. The van der Waals surface area contributed by atoms with Crippen LogP contribution in [-0.4, -0.2) is 55.8 Å². The predicted octanol–water partition coefficient (Wildman–Crippen LogP) is 2.83. The molecule has 7 heteroatoms. The number of aliphatic hydroxyl groups excluding tert-OH is 1. The van der Waals surface area contributed by atoms with Crippen molar-refractivity contribution in [2.75, 3.05) is 27.2 Å². The standard InChI is InChI=1S/C22H28N2O4S/c1-16-9-10-19(29(27,28)23(2)3)15-20(16)22(26)24-13-11-18(12-14-24)21(25)17-7-5-4-6-8-17/h4-10,15,18,21,25H,11-14H2,1-3H3. The minimum absolute atomic E-state index is 0.100. The van der Waals surface area contributed by atoms with Gasteiger partial charge in [-0.25, -0.2) is 12.7 Å². The first kappa shape index (κ1) is 21.5. The summed E-state index contributed by atoms with van der Waals surface area (Å²) in [5.74, 6) is -0.0612. The van der Waals surface area contributed by atoms with Gasteiger partial charge in [0.05, 0.1) is 11.0 Å². The molecule has 156 valence electrons. The zero-order valence-electron chi connectivity index (χ0n) is 17.1. The van der Waals surface area contributed by atoms with Crippen molar-refractivity contribution in [1.82, 2.24) is 9.21 Å². The quantitative estimate of drug-likeness (QED) is 0.813. The van der Waals surface area contributed by atoms with Crippen LogP contribution >= 0.6 is 0 Å². The van der Waals surface area contributed by atoms with E-state index < -0.39 is 16.1 Å². The third-order valence-electron chi connectivity index (χ3n) is 5.63. The van der Waals surface area contributed by atoms with Gasteiger partial charge in [0.25, 0.3) is 5.91 Å². The van der Waals surface area contributed by atoms with Crippen molar-refractivity contribution in [1.29, 1.82) is 0 Å². The highest BCUT2D eigenvalue weighted by molar-refractivity contribution is 7.89. The van der Waals surface area contributed by atoms with E-state index in [0.717, 1.165) is 15.4 Å². The lowest BCUT2D eigenvalue weighted by Gasteiger charge is -2.34. The second-order valence-corrected chi connectivity index (χ2v) is 9.90. The predicted molar refractivity (Wildman–Crippen MR) is 112 cm³/mol. The second-order valence-electron chi connectivity index (χ2n) is 7.75. The van der Waals surface area contributed by atoms with E-state index in [1.807, 2.05) is 37.3 Å². The Bertz CT molecular complexity index is 966. The fourth-order valence-corrected chi connectivity index (χ4v) is 4.64. The van der Waals surface area contributed by atoms with E-state index in [9.17, 15) is 18.3 Å². The zero-order chi connectivity index (χ0) is 21.2. The number of aliphatic hydroxyl groups is 1. The largest absolute Gasteiger partial charge is 0.388 e. The molecule has 0 radical (unpaired) electrons. The van der Waals surface area contributed by atoms with Gasteiger partial charge in [-0.1, -0.05) is 36.4 Å². The average molecular weight is 417 g/mol. The molecular formula is C22H28N2O4S. The van der Waals surface area contributed by atoms with Gasteiger partial charge < -0.3 is 10.0 Å². The number of rotatable bonds is 5. The fraction of sp³-hybridized carbons (Fsp3) is 0.409. The molecule has 2 aromatic carbocycles. The van der Waals surface area contributed by atoms with Crippen molar-refractivity contribution < 1.29 is 18.3 Å². The Morgan fingerprint density at radius 2 is 1.72 bits per heavy atom. The molecule has 1 atom stereocenters. The number of carbonyl (C=O) groups excluding carboxylic acids is 1. The number of nitrogens with zero attached hydrogens (tertiary/aromatic N) is 2. The Morgan fingerprint density at radius 1 is 1.10 bits per heavy atom. The molecule has 0 aromatic heterocycles. The Morgan fingerprint density at radius 3 is 2.31 bits per heavy atom. The van der Waals surface area contributed by atoms with Gasteiger partial charge in [-0.15, -0.1) is 0 Å². The van der Waals surface area contributed by atoms with Crippen molar-refractivity contribution in [2.24, 2.45) is 5.92 Å². The van der Waals surface area contributed by atoms with Gasteiger partial charge in [-0.2, -0.15) is 0 Å². The van der Waals surface area contributed by atoms with Crippen LogP contribution in [0.3, 0.4) is 0 Å². The van der Waals surface area contributed by atoms with Crippen LogP contribution in [0, 0.1) is 12.8 Å². The highest BCUT2D eigenvalue weighted by Crippen LogP contribution is 2.31. The van der Waals surface area contributed by atoms with Crippen LogP contribution in [0.1, 0.15) is 40.4 Å². The number of likely N-dealkylation sites (tertiary alicyclic amines) is 1. The highest BCUT2D eigenvalue weighted by atomic mass is 32.2. The SMILES string of the molecule is Cc1ccc(S(=O)(=O)N(C)C)cc1C(=O)N1CCC(C(O)c2ccccc2)CC1. The van der Waals surface area contributed by atoms with E-state index in [1.165, 1.54) is 26.2 Å². The fourth-order valence-electron chi connectivity index (χ4n) is 3.71. The van der Waals surface area contributed by atoms with Gasteiger partial charge in [-0.3, -0.25) is 4.79 Å². The summed E-state index contributed by atoms with van der Waals surface area (Å²) in [4.78, 5) is 14.9. The van der Waals surface area contributed by atoms with Crippen molar-refractivity contribution in [3.63, 3.8) is 0 Å². The molecular weight excluding hydrogens is 388 g/mol. The molecule has 6 nitrogen and oxygen atoms in total. The molecule has 1 aliphatic heterocycles. The van der Waals surface area contributed by atoms with Crippen molar-refractivity contribution >= 4 is 15.9 Å². The lowest BCUT2D eigenvalue weighted by Crippen LogP contribution is -2.40. The van der Waals surface area contributed by atoms with E-state index in [-0.39, 0.29) is 16.7 Å². The molecule has 1 amide bonds. The zero-order valence-corrected chi connectivity index (χ0v) is 17.9. The second kappa shape index (κ2) is 8.65. The lowest BCUT2D eigenvalue weighted by atomic mass is 9.87. The molecule has 1 aliphatic rings. The summed E-state index contributed by atoms with van der Waals surface area (Å²) < 4.78 is 26.0. The van der Waals surface area contributed by atoms with Gasteiger partial charge in [0.1, 0.15) is 0 Å². The number of hydrogen-bond donors (Lipinski definition) is 1. The van der Waals surface area contributed by atoms with Crippen LogP contribution < -0.4 is 0 Å². The van der Waals surface area contributed by atoms with Crippen molar-refractivity contribution in [2.45, 2.75) is 30.8 Å². The van der Waals surface area contributed by atoms with E-state index in [1.54, 1.807) is 11.0 Å². The number of hydrogen-bond acceptors (Lipinski definition) is 4. The number of piperidine rings is 1. The topological polar surface area (TPSA) is 77.9 Å². The summed E-state index contributed by atoms with van der Waals surface area (Å²) in [6.07, 6.45) is 0.872. The third-order valence-corrected chi connectivity index (χ3v) is 7.44. The minimum atomic E-state index is -3.60. The van der Waals surface area contributed by atoms with Gasteiger partial charge in [0.2, 0.25) is 10.0 Å². The molecule has 29 heavy (non-hydrogen) atoms. The van der Waals surface area contributed by atoms with Crippen LogP contribution in [0.25, 0.3) is 0 Å². The maximum Gasteiger partial charge on any atom is 0.254 e. The highest BCUT2D eigenvalue weighted by Gasteiger charge is 2.30. The van der Waals surface area contributed by atoms with Crippen LogP contribution in [0.4, 0.5) is 0 Å². The van der Waals surface area contributed by atoms with Crippen LogP contribution in [-0.2, 0) is 10.0 Å². The van der Waals surface area contributed by atoms with Crippen LogP contribution in [0.5, 0.6) is 0 Å². The van der Waals surface area contributed by atoms with Crippen molar-refractivity contribution in [3.8, 4) is 0 Å². The van der Waals surface area contributed by atoms with E-state index in [4.69, 9.17) is 0 Å². The summed E-state index contributed by atoms with van der Waals surface area (Å²) in [5.41, 5.74) is 2.06. The van der Waals surface area contributed by atoms with Gasteiger partial charge in [-0.05, 0) is 48.9 Å². The molecule has 1 fully saturated rings. The van der Waals surface area contributed by atoms with E-state index in [2.05, 4.69) is 0 Å². The van der Waals surface area contributed by atoms with Crippen LogP contribution in [0.2, 0.25) is 0 Å². The summed E-state index contributed by atoms with van der Waals surface area (Å²) in [5, 5.41) is 10.6. The lowest BCUT2D eigenvalue weighted by molar-refractivity contribution is 0.0461. The maximum absolute atomic E-state index is 13.1. The molecule has 0 bridgehead atoms. The number of amides is 1. The Labute approximate surface area is 172 Å². The van der Waals surface area contributed by atoms with E-state index in [0.29, 0.717) is 31.5 Å². The normalized spacial score (nSPS) is 16.8. The average Bonchev–Trinajstić information content (AvgIpc) is 2.73. The molecule has 1 heterocycles. The third kappa shape index (κ3) is 4.52. The molecule has 0 spiro atoms.